The molecule has 0 N–H and O–H groups in total. The van der Waals surface area contributed by atoms with Gasteiger partial charge in [0.1, 0.15) is 0 Å². The Hall–Kier alpha value is 0.200. The van der Waals surface area contributed by atoms with Crippen LogP contribution in [0.2, 0.25) is 0 Å². The second kappa shape index (κ2) is 2.66. The van der Waals surface area contributed by atoms with Crippen LogP contribution in [0.3, 0.4) is 0 Å². The normalized spacial score (nSPS) is 15.9. The lowest BCUT2D eigenvalue weighted by atomic mass is 11.0. The van der Waals surface area contributed by atoms with Gasteiger partial charge < -0.3 is 0 Å². The molecule has 0 aliphatic carbocycles. The van der Waals surface area contributed by atoms with Gasteiger partial charge in [0, 0.05) is 0 Å². The molecule has 0 aromatic heterocycles. The van der Waals surface area contributed by atoms with Crippen molar-refractivity contribution in [3.05, 3.63) is 0 Å². The molecule has 0 radical (unpaired) electrons. The minimum atomic E-state index is -3.47. The molecule has 0 spiro atoms. The predicted octanol–water partition coefficient (Wildman–Crippen LogP) is 0.547. The van der Waals surface area contributed by atoms with Gasteiger partial charge in [-0.2, -0.15) is 8.42 Å². The number of hydrogen-bond acceptors (Lipinski definition) is 3. The molecule has 0 aliphatic heterocycles. The highest BCUT2D eigenvalue weighted by Crippen LogP contribution is 2.04. The molecule has 0 aromatic carbocycles. The van der Waals surface area contributed by atoms with Crippen LogP contribution < -0.4 is 0 Å². The predicted molar refractivity (Wildman–Crippen MR) is 31.2 cm³/mol. The van der Waals surface area contributed by atoms with E-state index < -0.39 is 14.8 Å². The van der Waals surface area contributed by atoms with E-state index in [2.05, 4.69) is 4.18 Å². The van der Waals surface area contributed by atoms with Gasteiger partial charge in [-0.15, -0.1) is 11.6 Å². The fourth-order valence-corrected chi connectivity index (χ4v) is 0.616. The molecule has 0 aliphatic rings. The molecular weight excluding hydrogens is 152 g/mol. The number of alkyl halides is 1. The fourth-order valence-electron chi connectivity index (χ4n) is 0.133. The highest BCUT2D eigenvalue weighted by molar-refractivity contribution is 7.88. The Morgan fingerprint density at radius 2 is 2.00 bits per heavy atom. The van der Waals surface area contributed by atoms with Crippen LogP contribution in [0.1, 0.15) is 6.92 Å². The van der Waals surface area contributed by atoms with Crippen molar-refractivity contribution in [1.82, 2.24) is 0 Å². The Morgan fingerprint density at radius 3 is 2.00 bits per heavy atom. The van der Waals surface area contributed by atoms with Crippen molar-refractivity contribution >= 4 is 21.7 Å². The van der Waals surface area contributed by atoms with Gasteiger partial charge in [-0.25, -0.2) is 0 Å². The molecule has 1 unspecified atom stereocenters. The summed E-state index contributed by atoms with van der Waals surface area (Å²) in [5, 5.41) is 0. The average molecular weight is 159 g/mol. The maximum atomic E-state index is 10.3. The monoisotopic (exact) mass is 158 g/mol. The standard InChI is InChI=1S/C3H7ClO3S/c1-3(4)8(5,6)7-2/h3H,1-2H3. The Balaban J connectivity index is 4.17. The van der Waals surface area contributed by atoms with Crippen molar-refractivity contribution in [2.45, 2.75) is 11.6 Å². The van der Waals surface area contributed by atoms with Crippen molar-refractivity contribution in [3.8, 4) is 0 Å². The zero-order chi connectivity index (χ0) is 6.78. The largest absolute Gasteiger partial charge is 0.283 e. The number of hydrogen-bond donors (Lipinski definition) is 0. The molecule has 0 bridgehead atoms. The van der Waals surface area contributed by atoms with Gasteiger partial charge >= 0.3 is 0 Å². The zero-order valence-corrected chi connectivity index (χ0v) is 6.16. The zero-order valence-electron chi connectivity index (χ0n) is 4.59. The Bertz CT molecular complexity index is 148. The Kier molecular flexibility index (Phi) is 2.73. The topological polar surface area (TPSA) is 43.4 Å². The molecule has 0 heterocycles. The third kappa shape index (κ3) is 1.98. The highest BCUT2D eigenvalue weighted by Gasteiger charge is 2.15. The van der Waals surface area contributed by atoms with Crippen LogP contribution in [-0.2, 0) is 14.3 Å². The Labute approximate surface area is 53.7 Å². The van der Waals surface area contributed by atoms with Gasteiger partial charge in [-0.05, 0) is 6.92 Å². The summed E-state index contributed by atoms with van der Waals surface area (Å²) in [7, 11) is -2.39. The van der Waals surface area contributed by atoms with Gasteiger partial charge in [0.15, 0.2) is 4.71 Å². The SMILES string of the molecule is COS(=O)(=O)C(C)Cl. The summed E-state index contributed by atoms with van der Waals surface area (Å²) in [6.07, 6.45) is 0. The van der Waals surface area contributed by atoms with Crippen LogP contribution in [0.4, 0.5) is 0 Å². The summed E-state index contributed by atoms with van der Waals surface area (Å²) in [5.74, 6) is 0. The molecule has 0 saturated heterocycles. The van der Waals surface area contributed by atoms with Crippen LogP contribution >= 0.6 is 11.6 Å². The van der Waals surface area contributed by atoms with Crippen molar-refractivity contribution in [3.63, 3.8) is 0 Å². The van der Waals surface area contributed by atoms with Crippen molar-refractivity contribution in [1.29, 1.82) is 0 Å². The van der Waals surface area contributed by atoms with Gasteiger partial charge in [-0.1, -0.05) is 0 Å². The molecule has 3 nitrogen and oxygen atoms in total. The van der Waals surface area contributed by atoms with Crippen LogP contribution in [0.5, 0.6) is 0 Å². The van der Waals surface area contributed by atoms with E-state index in [1.54, 1.807) is 0 Å². The second-order valence-corrected chi connectivity index (χ2v) is 4.14. The molecule has 0 aromatic rings. The molecule has 0 saturated carbocycles. The second-order valence-electron chi connectivity index (χ2n) is 1.20. The number of rotatable bonds is 2. The summed E-state index contributed by atoms with van der Waals surface area (Å²) in [6, 6.07) is 0. The van der Waals surface area contributed by atoms with E-state index >= 15 is 0 Å². The van der Waals surface area contributed by atoms with Crippen LogP contribution in [0, 0.1) is 0 Å². The molecule has 0 fully saturated rings. The minimum absolute atomic E-state index is 0.965. The molecule has 0 amide bonds. The van der Waals surface area contributed by atoms with Crippen LogP contribution in [-0.4, -0.2) is 20.2 Å². The summed E-state index contributed by atoms with van der Waals surface area (Å²) in [6.45, 7) is 1.33. The quantitative estimate of drug-likeness (QED) is 0.436. The maximum Gasteiger partial charge on any atom is 0.283 e. The van der Waals surface area contributed by atoms with E-state index in [1.807, 2.05) is 0 Å². The van der Waals surface area contributed by atoms with E-state index in [4.69, 9.17) is 11.6 Å². The van der Waals surface area contributed by atoms with Gasteiger partial charge in [0.05, 0.1) is 7.11 Å². The third-order valence-electron chi connectivity index (χ3n) is 0.630. The maximum absolute atomic E-state index is 10.3. The molecule has 50 valence electrons. The van der Waals surface area contributed by atoms with Gasteiger partial charge in [-0.3, -0.25) is 4.18 Å². The molecule has 1 atom stereocenters. The fraction of sp³-hybridized carbons (Fsp3) is 1.00. The van der Waals surface area contributed by atoms with Gasteiger partial charge in [0.25, 0.3) is 10.1 Å². The molecule has 8 heavy (non-hydrogen) atoms. The van der Waals surface area contributed by atoms with E-state index in [1.165, 1.54) is 6.92 Å². The third-order valence-corrected chi connectivity index (χ3v) is 2.54. The summed E-state index contributed by atoms with van der Waals surface area (Å²) in [4.78, 5) is 0. The van der Waals surface area contributed by atoms with E-state index in [-0.39, 0.29) is 0 Å². The first-order valence-corrected chi connectivity index (χ1v) is 3.85. The van der Waals surface area contributed by atoms with Crippen molar-refractivity contribution in [2.75, 3.05) is 7.11 Å². The summed E-state index contributed by atoms with van der Waals surface area (Å²) in [5.41, 5.74) is 0. The van der Waals surface area contributed by atoms with Gasteiger partial charge in [0.2, 0.25) is 0 Å². The highest BCUT2D eigenvalue weighted by atomic mass is 35.5. The summed E-state index contributed by atoms with van der Waals surface area (Å²) >= 11 is 5.16. The van der Waals surface area contributed by atoms with E-state index in [0.717, 1.165) is 7.11 Å². The first-order chi connectivity index (χ1) is 3.50. The summed E-state index contributed by atoms with van der Waals surface area (Å²) < 4.78 is 23.8. The van der Waals surface area contributed by atoms with E-state index in [9.17, 15) is 8.42 Å². The first-order valence-electron chi connectivity index (χ1n) is 1.94. The minimum Gasteiger partial charge on any atom is -0.272 e. The molecule has 0 rings (SSSR count). The van der Waals surface area contributed by atoms with Crippen LogP contribution in [0.25, 0.3) is 0 Å². The first kappa shape index (κ1) is 8.20. The van der Waals surface area contributed by atoms with Crippen molar-refractivity contribution in [2.24, 2.45) is 0 Å². The average Bonchev–Trinajstić information content (AvgIpc) is 1.67. The smallest absolute Gasteiger partial charge is 0.272 e. The number of halogens is 1. The van der Waals surface area contributed by atoms with Crippen molar-refractivity contribution < 1.29 is 12.6 Å². The lowest BCUT2D eigenvalue weighted by molar-refractivity contribution is 0.396. The molecule has 5 heteroatoms. The van der Waals surface area contributed by atoms with Crippen LogP contribution in [0.15, 0.2) is 0 Å². The Morgan fingerprint density at radius 1 is 1.62 bits per heavy atom. The lowest BCUT2D eigenvalue weighted by Gasteiger charge is -1.99. The lowest BCUT2D eigenvalue weighted by Crippen LogP contribution is -2.12. The molecular formula is C3H7ClO3S. The van der Waals surface area contributed by atoms with E-state index in [0.29, 0.717) is 0 Å².